The summed E-state index contributed by atoms with van der Waals surface area (Å²) in [5.41, 5.74) is 0.141. The second-order valence-electron chi connectivity index (χ2n) is 3.42. The Hall–Kier alpha value is -1.18. The second kappa shape index (κ2) is 6.31. The Kier molecular flexibility index (Phi) is 4.73. The Labute approximate surface area is 127 Å². The monoisotopic (exact) mass is 361 g/mol. The molecule has 19 heavy (non-hydrogen) atoms. The van der Waals surface area contributed by atoms with Gasteiger partial charge in [-0.2, -0.15) is 0 Å². The molecule has 0 aliphatic carbocycles. The largest absolute Gasteiger partial charge is 0.480 e. The molecule has 0 atom stereocenters. The van der Waals surface area contributed by atoms with Crippen molar-refractivity contribution in [3.05, 3.63) is 44.4 Å². The number of aromatic amines is 1. The minimum Gasteiger partial charge on any atom is -0.480 e. The van der Waals surface area contributed by atoms with Gasteiger partial charge in [0.2, 0.25) is 5.88 Å². The normalized spacial score (nSPS) is 10.3. The van der Waals surface area contributed by atoms with E-state index in [1.165, 1.54) is 11.9 Å². The third kappa shape index (κ3) is 3.65. The highest BCUT2D eigenvalue weighted by atomic mass is 79.9. The lowest BCUT2D eigenvalue weighted by Gasteiger charge is -2.06. The summed E-state index contributed by atoms with van der Waals surface area (Å²) in [5, 5.41) is 0.300. The van der Waals surface area contributed by atoms with Gasteiger partial charge < -0.3 is 14.4 Å². The fourth-order valence-electron chi connectivity index (χ4n) is 1.26. The molecule has 0 fully saturated rings. The number of aromatic nitrogens is 2. The molecule has 2 N–H and O–H groups in total. The van der Waals surface area contributed by atoms with Crippen molar-refractivity contribution in [3.63, 3.8) is 0 Å². The lowest BCUT2D eigenvalue weighted by atomic mass is 10.4. The lowest BCUT2D eigenvalue weighted by Crippen LogP contribution is -2.09. The van der Waals surface area contributed by atoms with Gasteiger partial charge in [0, 0.05) is 11.1 Å². The van der Waals surface area contributed by atoms with Crippen LogP contribution in [0.1, 0.15) is 0 Å². The molecular formula is C11H9BrClN3O2S. The van der Waals surface area contributed by atoms with Crippen molar-refractivity contribution < 1.29 is 4.74 Å². The first kappa shape index (κ1) is 14.2. The predicted molar refractivity (Wildman–Crippen MR) is 80.0 cm³/mol. The number of nitrogens with one attached hydrogen (secondary N) is 2. The zero-order valence-corrected chi connectivity index (χ0v) is 12.9. The number of rotatable bonds is 4. The van der Waals surface area contributed by atoms with E-state index >= 15 is 0 Å². The third-order valence-corrected chi connectivity index (χ3v) is 3.70. The molecule has 0 aliphatic rings. The van der Waals surface area contributed by atoms with Crippen LogP contribution in [-0.2, 0) is 0 Å². The van der Waals surface area contributed by atoms with E-state index in [9.17, 15) is 4.79 Å². The van der Waals surface area contributed by atoms with E-state index < -0.39 is 0 Å². The molecule has 5 nitrogen and oxygen atoms in total. The fourth-order valence-corrected chi connectivity index (χ4v) is 2.74. The summed E-state index contributed by atoms with van der Waals surface area (Å²) < 4.78 is 8.71. The fraction of sp³-hybridized carbons (Fsp3) is 0.0909. The molecule has 0 unspecified atom stereocenters. The first-order valence-corrected chi connectivity index (χ1v) is 7.10. The Morgan fingerprint density at radius 2 is 2.32 bits per heavy atom. The van der Waals surface area contributed by atoms with Crippen molar-refractivity contribution in [3.8, 4) is 5.88 Å². The van der Waals surface area contributed by atoms with Crippen molar-refractivity contribution in [2.24, 2.45) is 0 Å². The van der Waals surface area contributed by atoms with E-state index in [2.05, 4.69) is 30.6 Å². The highest BCUT2D eigenvalue weighted by molar-refractivity contribution is 9.10. The standard InChI is InChI=1S/C11H9BrClN3O2S/c1-18-11-7(12)4-6(5-14-11)19-16-8-2-3-9(13)15-10(8)17/h2-5,16H,1H3,(H,15,17). The molecule has 0 aliphatic heterocycles. The molecule has 0 saturated carbocycles. The number of anilines is 1. The van der Waals surface area contributed by atoms with Crippen LogP contribution in [0.2, 0.25) is 5.15 Å². The molecule has 100 valence electrons. The van der Waals surface area contributed by atoms with Gasteiger partial charge in [-0.1, -0.05) is 11.6 Å². The summed E-state index contributed by atoms with van der Waals surface area (Å²) in [5.74, 6) is 0.508. The smallest absolute Gasteiger partial charge is 0.273 e. The minimum atomic E-state index is -0.277. The first-order chi connectivity index (χ1) is 9.10. The number of nitrogens with zero attached hydrogens (tertiary/aromatic N) is 1. The molecule has 0 amide bonds. The van der Waals surface area contributed by atoms with E-state index in [-0.39, 0.29) is 5.56 Å². The van der Waals surface area contributed by atoms with E-state index in [1.807, 2.05) is 6.07 Å². The van der Waals surface area contributed by atoms with Gasteiger partial charge in [0.25, 0.3) is 5.56 Å². The summed E-state index contributed by atoms with van der Waals surface area (Å²) in [6, 6.07) is 5.06. The van der Waals surface area contributed by atoms with Crippen LogP contribution in [0.5, 0.6) is 5.88 Å². The van der Waals surface area contributed by atoms with Gasteiger partial charge in [-0.05, 0) is 46.1 Å². The molecule has 0 bridgehead atoms. The molecule has 2 heterocycles. The number of hydrogen-bond acceptors (Lipinski definition) is 5. The van der Waals surface area contributed by atoms with Crippen LogP contribution < -0.4 is 15.0 Å². The summed E-state index contributed by atoms with van der Waals surface area (Å²) in [4.78, 5) is 19.0. The molecular weight excluding hydrogens is 354 g/mol. The average Bonchev–Trinajstić information content (AvgIpc) is 2.38. The SMILES string of the molecule is COc1ncc(SNc2ccc(Cl)[nH]c2=O)cc1Br. The molecule has 0 aromatic carbocycles. The molecule has 0 spiro atoms. The number of pyridine rings is 2. The summed E-state index contributed by atoms with van der Waals surface area (Å²) >= 11 is 10.3. The van der Waals surface area contributed by atoms with Crippen LogP contribution in [0.15, 0.2) is 38.6 Å². The minimum absolute atomic E-state index is 0.277. The van der Waals surface area contributed by atoms with Gasteiger partial charge in [0.1, 0.15) is 10.8 Å². The maximum absolute atomic E-state index is 11.6. The van der Waals surface area contributed by atoms with Crippen LogP contribution in [0.25, 0.3) is 0 Å². The Bertz CT molecular complexity index is 650. The van der Waals surface area contributed by atoms with Crippen molar-refractivity contribution in [2.45, 2.75) is 4.90 Å². The highest BCUT2D eigenvalue weighted by Gasteiger charge is 2.05. The van der Waals surface area contributed by atoms with E-state index in [0.717, 1.165) is 9.37 Å². The van der Waals surface area contributed by atoms with Gasteiger partial charge in [0.15, 0.2) is 0 Å². The van der Waals surface area contributed by atoms with Crippen molar-refractivity contribution >= 4 is 45.2 Å². The lowest BCUT2D eigenvalue weighted by molar-refractivity contribution is 0.394. The average molecular weight is 363 g/mol. The topological polar surface area (TPSA) is 67.0 Å². The molecule has 2 aromatic rings. The van der Waals surface area contributed by atoms with Gasteiger partial charge >= 0.3 is 0 Å². The number of ether oxygens (including phenoxy) is 1. The molecule has 8 heteroatoms. The Morgan fingerprint density at radius 1 is 1.53 bits per heavy atom. The Balaban J connectivity index is 2.10. The van der Waals surface area contributed by atoms with Crippen molar-refractivity contribution in [1.82, 2.24) is 9.97 Å². The molecule has 0 saturated heterocycles. The number of halogens is 2. The summed E-state index contributed by atoms with van der Waals surface area (Å²) in [6.45, 7) is 0. The summed E-state index contributed by atoms with van der Waals surface area (Å²) in [6.07, 6.45) is 1.64. The van der Waals surface area contributed by atoms with E-state index in [1.54, 1.807) is 25.4 Å². The van der Waals surface area contributed by atoms with Gasteiger partial charge in [-0.15, -0.1) is 0 Å². The quantitative estimate of drug-likeness (QED) is 0.645. The van der Waals surface area contributed by atoms with Crippen LogP contribution in [0, 0.1) is 0 Å². The van der Waals surface area contributed by atoms with Gasteiger partial charge in [-0.25, -0.2) is 4.98 Å². The van der Waals surface area contributed by atoms with Crippen molar-refractivity contribution in [2.75, 3.05) is 11.8 Å². The number of methoxy groups -OCH3 is 1. The van der Waals surface area contributed by atoms with Gasteiger partial charge in [0.05, 0.1) is 11.6 Å². The maximum Gasteiger partial charge on any atom is 0.273 e. The summed E-state index contributed by atoms with van der Waals surface area (Å²) in [7, 11) is 1.55. The third-order valence-electron chi connectivity index (χ3n) is 2.13. The van der Waals surface area contributed by atoms with Crippen molar-refractivity contribution in [1.29, 1.82) is 0 Å². The van der Waals surface area contributed by atoms with Crippen LogP contribution >= 0.6 is 39.5 Å². The molecule has 2 aromatic heterocycles. The zero-order chi connectivity index (χ0) is 13.8. The van der Waals surface area contributed by atoms with E-state index in [4.69, 9.17) is 16.3 Å². The van der Waals surface area contributed by atoms with E-state index in [0.29, 0.717) is 16.7 Å². The number of hydrogen-bond donors (Lipinski definition) is 2. The Morgan fingerprint density at radius 3 is 2.95 bits per heavy atom. The number of H-pyrrole nitrogens is 1. The zero-order valence-electron chi connectivity index (χ0n) is 9.74. The van der Waals surface area contributed by atoms with Crippen LogP contribution in [-0.4, -0.2) is 17.1 Å². The predicted octanol–water partition coefficient (Wildman–Crippen LogP) is 3.31. The van der Waals surface area contributed by atoms with Crippen LogP contribution in [0.4, 0.5) is 5.69 Å². The van der Waals surface area contributed by atoms with Crippen LogP contribution in [0.3, 0.4) is 0 Å². The highest BCUT2D eigenvalue weighted by Crippen LogP contribution is 2.27. The molecule has 0 radical (unpaired) electrons. The second-order valence-corrected chi connectivity index (χ2v) is 5.56. The first-order valence-electron chi connectivity index (χ1n) is 5.11. The maximum atomic E-state index is 11.6. The van der Waals surface area contributed by atoms with Gasteiger partial charge in [-0.3, -0.25) is 4.79 Å². The molecule has 2 rings (SSSR count).